The number of rotatable bonds is 7. The van der Waals surface area contributed by atoms with Crippen molar-refractivity contribution in [3.8, 4) is 0 Å². The van der Waals surface area contributed by atoms with E-state index in [1.165, 1.54) is 0 Å². The molecule has 0 aromatic heterocycles. The van der Waals surface area contributed by atoms with Crippen LogP contribution in [0.1, 0.15) is 72.2 Å². The molecule has 0 bridgehead atoms. The van der Waals surface area contributed by atoms with Crippen molar-refractivity contribution in [3.05, 3.63) is 65.2 Å². The number of anilines is 1. The highest BCUT2D eigenvalue weighted by Gasteiger charge is 2.11. The quantitative estimate of drug-likeness (QED) is 0.387. The summed E-state index contributed by atoms with van der Waals surface area (Å²) in [4.78, 5) is 36.3. The van der Waals surface area contributed by atoms with E-state index in [2.05, 4.69) is 35.3 Å². The van der Waals surface area contributed by atoms with E-state index in [0.717, 1.165) is 18.4 Å². The normalized spacial score (nSPS) is 10.3. The van der Waals surface area contributed by atoms with Crippen molar-refractivity contribution in [2.45, 2.75) is 46.0 Å². The molecule has 0 fully saturated rings. The van der Waals surface area contributed by atoms with Gasteiger partial charge in [0.05, 0.1) is 0 Å². The molecule has 0 radical (unpaired) electrons. The van der Waals surface area contributed by atoms with Crippen LogP contribution in [0.25, 0.3) is 0 Å². The van der Waals surface area contributed by atoms with Crippen molar-refractivity contribution < 1.29 is 14.4 Å². The van der Waals surface area contributed by atoms with Gasteiger partial charge in [0.2, 0.25) is 5.91 Å². The van der Waals surface area contributed by atoms with Gasteiger partial charge in [0.1, 0.15) is 0 Å². The zero-order valence-corrected chi connectivity index (χ0v) is 18.8. The molecule has 8 heteroatoms. The number of carbonyl (C=O) groups is 3. The highest BCUT2D eigenvalue weighted by atomic mass is 32.1. The van der Waals surface area contributed by atoms with Gasteiger partial charge in [-0.1, -0.05) is 39.3 Å². The maximum absolute atomic E-state index is 12.3. The maximum Gasteiger partial charge on any atom is 0.269 e. The molecule has 0 aliphatic carbocycles. The predicted octanol–water partition coefficient (Wildman–Crippen LogP) is 3.89. The van der Waals surface area contributed by atoms with Crippen LogP contribution in [0, 0.1) is 0 Å². The first-order valence-corrected chi connectivity index (χ1v) is 10.6. The summed E-state index contributed by atoms with van der Waals surface area (Å²) in [6, 6.07) is 13.7. The van der Waals surface area contributed by atoms with Gasteiger partial charge in [0.15, 0.2) is 5.11 Å². The zero-order valence-electron chi connectivity index (χ0n) is 18.0. The molecule has 7 nitrogen and oxygen atoms in total. The second kappa shape index (κ2) is 11.8. The van der Waals surface area contributed by atoms with E-state index in [4.69, 9.17) is 12.2 Å². The number of unbranched alkanes of at least 4 members (excludes halogenated alkanes) is 1. The van der Waals surface area contributed by atoms with Crippen molar-refractivity contribution in [2.75, 3.05) is 5.32 Å². The molecule has 0 saturated heterocycles. The predicted molar refractivity (Wildman–Crippen MR) is 126 cm³/mol. The fraction of sp³-hybridized carbons (Fsp3) is 0.304. The molecule has 31 heavy (non-hydrogen) atoms. The van der Waals surface area contributed by atoms with Crippen molar-refractivity contribution in [3.63, 3.8) is 0 Å². The molecule has 0 heterocycles. The van der Waals surface area contributed by atoms with Crippen LogP contribution in [-0.4, -0.2) is 22.8 Å². The molecule has 0 spiro atoms. The Hall–Kier alpha value is -3.26. The molecular formula is C23H28N4O3S. The first-order chi connectivity index (χ1) is 14.8. The van der Waals surface area contributed by atoms with Gasteiger partial charge in [-0.3, -0.25) is 30.6 Å². The fourth-order valence-corrected chi connectivity index (χ4v) is 2.82. The highest BCUT2D eigenvalue weighted by molar-refractivity contribution is 7.80. The number of amides is 3. The average molecular weight is 441 g/mol. The highest BCUT2D eigenvalue weighted by Crippen LogP contribution is 2.14. The summed E-state index contributed by atoms with van der Waals surface area (Å²) in [5, 5.41) is 5.28. The third-order valence-corrected chi connectivity index (χ3v) is 4.75. The molecule has 164 valence electrons. The van der Waals surface area contributed by atoms with E-state index in [0.29, 0.717) is 29.2 Å². The Morgan fingerprint density at radius 1 is 0.871 bits per heavy atom. The molecule has 0 aliphatic heterocycles. The van der Waals surface area contributed by atoms with Gasteiger partial charge in [-0.25, -0.2) is 0 Å². The third kappa shape index (κ3) is 7.82. The van der Waals surface area contributed by atoms with Crippen LogP contribution in [-0.2, 0) is 4.79 Å². The van der Waals surface area contributed by atoms with Crippen LogP contribution in [0.15, 0.2) is 48.5 Å². The van der Waals surface area contributed by atoms with Crippen molar-refractivity contribution in [1.29, 1.82) is 0 Å². The van der Waals surface area contributed by atoms with Crippen LogP contribution in [0.4, 0.5) is 5.69 Å². The van der Waals surface area contributed by atoms with Crippen molar-refractivity contribution in [2.24, 2.45) is 0 Å². The zero-order chi connectivity index (χ0) is 22.8. The topological polar surface area (TPSA) is 99.3 Å². The SMILES string of the molecule is CCCCC(=O)Nc1ccc(C(=O)NNC(=S)NC(=O)c2ccc(C(C)C)cc2)cc1. The van der Waals surface area contributed by atoms with Crippen molar-refractivity contribution in [1.82, 2.24) is 16.2 Å². The van der Waals surface area contributed by atoms with Gasteiger partial charge in [0, 0.05) is 23.2 Å². The minimum Gasteiger partial charge on any atom is -0.326 e. The lowest BCUT2D eigenvalue weighted by Crippen LogP contribution is -2.48. The summed E-state index contributed by atoms with van der Waals surface area (Å²) < 4.78 is 0. The lowest BCUT2D eigenvalue weighted by Gasteiger charge is -2.12. The molecule has 3 amide bonds. The third-order valence-electron chi connectivity index (χ3n) is 4.54. The van der Waals surface area contributed by atoms with Crippen LogP contribution in [0.5, 0.6) is 0 Å². The number of carbonyl (C=O) groups excluding carboxylic acids is 3. The minimum absolute atomic E-state index is 0.0221. The van der Waals surface area contributed by atoms with Gasteiger partial charge in [-0.15, -0.1) is 0 Å². The number of nitrogens with one attached hydrogen (secondary N) is 4. The molecule has 0 atom stereocenters. The van der Waals surface area contributed by atoms with Crippen LogP contribution < -0.4 is 21.5 Å². The Labute approximate surface area is 188 Å². The summed E-state index contributed by atoms with van der Waals surface area (Å²) in [7, 11) is 0. The Bertz CT molecular complexity index is 925. The van der Waals surface area contributed by atoms with E-state index < -0.39 is 5.91 Å². The number of hydrogen-bond donors (Lipinski definition) is 4. The Morgan fingerprint density at radius 2 is 1.45 bits per heavy atom. The maximum atomic E-state index is 12.3. The van der Waals surface area contributed by atoms with Gasteiger partial charge in [-0.2, -0.15) is 0 Å². The number of hydrogen-bond acceptors (Lipinski definition) is 4. The van der Waals surface area contributed by atoms with E-state index in [-0.39, 0.29) is 16.9 Å². The van der Waals surface area contributed by atoms with Gasteiger partial charge in [0.25, 0.3) is 11.8 Å². The molecule has 0 unspecified atom stereocenters. The summed E-state index contributed by atoms with van der Waals surface area (Å²) in [6.45, 7) is 6.18. The number of benzene rings is 2. The van der Waals surface area contributed by atoms with Crippen LogP contribution >= 0.6 is 12.2 Å². The summed E-state index contributed by atoms with van der Waals surface area (Å²) in [5.41, 5.74) is 7.55. The summed E-state index contributed by atoms with van der Waals surface area (Å²) in [5.74, 6) is -0.478. The largest absolute Gasteiger partial charge is 0.326 e. The fourth-order valence-electron chi connectivity index (χ4n) is 2.68. The standard InChI is InChI=1S/C23H28N4O3S/c1-4-5-6-20(28)24-19-13-11-18(12-14-19)22(30)26-27-23(31)25-21(29)17-9-7-16(8-10-17)15(2)3/h7-15H,4-6H2,1-3H3,(H,24,28)(H,26,30)(H2,25,27,29,31). The molecule has 0 saturated carbocycles. The van der Waals surface area contributed by atoms with Crippen molar-refractivity contribution >= 4 is 40.7 Å². The molecule has 2 aromatic carbocycles. The monoisotopic (exact) mass is 440 g/mol. The number of thiocarbonyl (C=S) groups is 1. The van der Waals surface area contributed by atoms with E-state index in [1.54, 1.807) is 36.4 Å². The molecule has 2 aromatic rings. The van der Waals surface area contributed by atoms with Crippen LogP contribution in [0.3, 0.4) is 0 Å². The summed E-state index contributed by atoms with van der Waals surface area (Å²) >= 11 is 5.06. The summed E-state index contributed by atoms with van der Waals surface area (Å²) in [6.07, 6.45) is 2.25. The van der Waals surface area contributed by atoms with E-state index >= 15 is 0 Å². The van der Waals surface area contributed by atoms with Crippen LogP contribution in [0.2, 0.25) is 0 Å². The van der Waals surface area contributed by atoms with E-state index in [1.807, 2.05) is 19.1 Å². The number of hydrazine groups is 1. The van der Waals surface area contributed by atoms with Gasteiger partial charge >= 0.3 is 0 Å². The molecule has 2 rings (SSSR count). The second-order valence-electron chi connectivity index (χ2n) is 7.37. The average Bonchev–Trinajstić information content (AvgIpc) is 2.76. The first kappa shape index (κ1) is 24.0. The van der Waals surface area contributed by atoms with Gasteiger partial charge < -0.3 is 5.32 Å². The Kier molecular flexibility index (Phi) is 9.14. The van der Waals surface area contributed by atoms with E-state index in [9.17, 15) is 14.4 Å². The Morgan fingerprint density at radius 3 is 2.03 bits per heavy atom. The van der Waals surface area contributed by atoms with Gasteiger partial charge in [-0.05, 0) is 66.5 Å². The lowest BCUT2D eigenvalue weighted by molar-refractivity contribution is -0.116. The molecule has 0 aliphatic rings. The minimum atomic E-state index is -0.429. The first-order valence-electron chi connectivity index (χ1n) is 10.2. The molecule has 4 N–H and O–H groups in total. The molecular weight excluding hydrogens is 412 g/mol. The Balaban J connectivity index is 1.81. The second-order valence-corrected chi connectivity index (χ2v) is 7.78. The lowest BCUT2D eigenvalue weighted by atomic mass is 10.0. The smallest absolute Gasteiger partial charge is 0.269 e.